The third-order valence-corrected chi connectivity index (χ3v) is 7.12. The Labute approximate surface area is 165 Å². The fraction of sp³-hybridized carbons (Fsp3) is 0.474. The first-order valence-corrected chi connectivity index (χ1v) is 10.6. The second-order valence-electron chi connectivity index (χ2n) is 6.92. The summed E-state index contributed by atoms with van der Waals surface area (Å²) in [7, 11) is -0.730. The monoisotopic (exact) mass is 406 g/mol. The number of likely N-dealkylation sites (tertiary alicyclic amines) is 1. The molecule has 0 saturated carbocycles. The third-order valence-electron chi connectivity index (χ3n) is 5.09. The number of methoxy groups -OCH3 is 1. The van der Waals surface area contributed by atoms with E-state index in [0.29, 0.717) is 35.9 Å². The van der Waals surface area contributed by atoms with Gasteiger partial charge in [-0.2, -0.15) is 5.10 Å². The number of carbonyl (C=O) groups is 1. The van der Waals surface area contributed by atoms with E-state index in [4.69, 9.17) is 4.74 Å². The fourth-order valence-corrected chi connectivity index (χ4v) is 5.31. The van der Waals surface area contributed by atoms with Gasteiger partial charge in [0, 0.05) is 20.1 Å². The lowest BCUT2D eigenvalue weighted by molar-refractivity contribution is -0.128. The van der Waals surface area contributed by atoms with Crippen LogP contribution in [0.4, 0.5) is 5.69 Å². The van der Waals surface area contributed by atoms with Crippen LogP contribution in [0.2, 0.25) is 0 Å². The average Bonchev–Trinajstić information content (AvgIpc) is 3.28. The van der Waals surface area contributed by atoms with Crippen LogP contribution in [0.15, 0.2) is 29.2 Å². The Hall–Kier alpha value is -2.55. The summed E-state index contributed by atoms with van der Waals surface area (Å²) in [5, 5.41) is 4.23. The van der Waals surface area contributed by atoms with Gasteiger partial charge >= 0.3 is 0 Å². The number of rotatable bonds is 6. The van der Waals surface area contributed by atoms with E-state index < -0.39 is 10.0 Å². The topological polar surface area (TPSA) is 84.7 Å². The van der Waals surface area contributed by atoms with Crippen LogP contribution in [0.1, 0.15) is 24.2 Å². The van der Waals surface area contributed by atoms with E-state index in [1.807, 2.05) is 0 Å². The molecule has 2 aromatic rings. The van der Waals surface area contributed by atoms with Crippen LogP contribution in [0, 0.1) is 13.8 Å². The molecule has 8 nitrogen and oxygen atoms in total. The van der Waals surface area contributed by atoms with E-state index in [9.17, 15) is 13.2 Å². The Morgan fingerprint density at radius 3 is 2.29 bits per heavy atom. The molecule has 1 fully saturated rings. The summed E-state index contributed by atoms with van der Waals surface area (Å²) in [5.41, 5.74) is 1.35. The van der Waals surface area contributed by atoms with Gasteiger partial charge in [-0.25, -0.2) is 8.42 Å². The highest BCUT2D eigenvalue weighted by Gasteiger charge is 2.33. The predicted molar refractivity (Wildman–Crippen MR) is 106 cm³/mol. The molecular weight excluding hydrogens is 380 g/mol. The SMILES string of the molecule is COc1ccc(N(CC(=O)N2CCCC2)S(=O)(=O)c2c(C)nn(C)c2C)cc1. The first-order chi connectivity index (χ1) is 13.3. The molecule has 1 aromatic carbocycles. The number of benzene rings is 1. The molecule has 0 bridgehead atoms. The lowest BCUT2D eigenvalue weighted by Crippen LogP contribution is -2.42. The molecule has 1 aliphatic rings. The molecule has 28 heavy (non-hydrogen) atoms. The van der Waals surface area contributed by atoms with Crippen molar-refractivity contribution in [1.82, 2.24) is 14.7 Å². The minimum Gasteiger partial charge on any atom is -0.497 e. The van der Waals surface area contributed by atoms with Crippen LogP contribution >= 0.6 is 0 Å². The number of ether oxygens (including phenoxy) is 1. The van der Waals surface area contributed by atoms with Gasteiger partial charge < -0.3 is 9.64 Å². The maximum absolute atomic E-state index is 13.6. The first kappa shape index (κ1) is 20.2. The lowest BCUT2D eigenvalue weighted by atomic mass is 10.3. The molecule has 0 radical (unpaired) electrons. The van der Waals surface area contributed by atoms with Crippen LogP contribution in [0.5, 0.6) is 5.75 Å². The van der Waals surface area contributed by atoms with Crippen LogP contribution in [0.3, 0.4) is 0 Å². The number of anilines is 1. The molecule has 152 valence electrons. The predicted octanol–water partition coefficient (Wildman–Crippen LogP) is 1.86. The average molecular weight is 407 g/mol. The molecule has 1 aromatic heterocycles. The Bertz CT molecular complexity index is 961. The van der Waals surface area contributed by atoms with E-state index in [1.165, 1.54) is 8.99 Å². The zero-order chi connectivity index (χ0) is 20.5. The largest absolute Gasteiger partial charge is 0.497 e. The van der Waals surface area contributed by atoms with Crippen molar-refractivity contribution in [1.29, 1.82) is 0 Å². The summed E-state index contributed by atoms with van der Waals surface area (Å²) in [6.07, 6.45) is 1.89. The summed E-state index contributed by atoms with van der Waals surface area (Å²) in [6, 6.07) is 6.66. The zero-order valence-electron chi connectivity index (χ0n) is 16.7. The van der Waals surface area contributed by atoms with E-state index in [1.54, 1.807) is 57.2 Å². The van der Waals surface area contributed by atoms with Gasteiger partial charge in [-0.05, 0) is 51.0 Å². The number of aromatic nitrogens is 2. The van der Waals surface area contributed by atoms with Crippen molar-refractivity contribution in [3.05, 3.63) is 35.7 Å². The van der Waals surface area contributed by atoms with Gasteiger partial charge in [-0.15, -0.1) is 0 Å². The molecule has 0 unspecified atom stereocenters. The lowest BCUT2D eigenvalue weighted by Gasteiger charge is -2.26. The maximum Gasteiger partial charge on any atom is 0.268 e. The van der Waals surface area contributed by atoms with Gasteiger partial charge in [0.15, 0.2) is 0 Å². The molecule has 2 heterocycles. The van der Waals surface area contributed by atoms with E-state index in [-0.39, 0.29) is 17.3 Å². The van der Waals surface area contributed by atoms with Crippen LogP contribution in [0.25, 0.3) is 0 Å². The van der Waals surface area contributed by atoms with Gasteiger partial charge in [0.2, 0.25) is 5.91 Å². The molecule has 0 aliphatic carbocycles. The number of sulfonamides is 1. The molecule has 3 rings (SSSR count). The Morgan fingerprint density at radius 2 is 1.79 bits per heavy atom. The first-order valence-electron chi connectivity index (χ1n) is 9.20. The highest BCUT2D eigenvalue weighted by atomic mass is 32.2. The molecule has 0 atom stereocenters. The van der Waals surface area contributed by atoms with Gasteiger partial charge in [0.25, 0.3) is 10.0 Å². The summed E-state index contributed by atoms with van der Waals surface area (Å²) in [4.78, 5) is 14.6. The second kappa shape index (κ2) is 7.83. The van der Waals surface area contributed by atoms with Gasteiger partial charge in [0.05, 0.1) is 24.2 Å². The van der Waals surface area contributed by atoms with Crippen molar-refractivity contribution in [2.45, 2.75) is 31.6 Å². The number of amides is 1. The Balaban J connectivity index is 2.04. The summed E-state index contributed by atoms with van der Waals surface area (Å²) in [6.45, 7) is 4.46. The van der Waals surface area contributed by atoms with Gasteiger partial charge in [-0.1, -0.05) is 0 Å². The number of hydrogen-bond acceptors (Lipinski definition) is 5. The molecule has 0 N–H and O–H groups in total. The van der Waals surface area contributed by atoms with Gasteiger partial charge in [-0.3, -0.25) is 13.8 Å². The summed E-state index contributed by atoms with van der Waals surface area (Å²) < 4.78 is 35.0. The fourth-order valence-electron chi connectivity index (χ4n) is 3.49. The minimum atomic E-state index is -3.98. The number of carbonyl (C=O) groups excluding carboxylic acids is 1. The molecular formula is C19H26N4O4S. The number of hydrogen-bond donors (Lipinski definition) is 0. The smallest absolute Gasteiger partial charge is 0.268 e. The normalized spacial score (nSPS) is 14.4. The standard InChI is InChI=1S/C19H26N4O4S/c1-14-19(15(2)21(3)20-14)28(25,26)23(13-18(24)22-11-5-6-12-22)16-7-9-17(27-4)10-8-16/h7-10H,5-6,11-13H2,1-4H3. The van der Waals surface area contributed by atoms with Crippen LogP contribution in [-0.4, -0.2) is 55.7 Å². The summed E-state index contributed by atoms with van der Waals surface area (Å²) >= 11 is 0. The quantitative estimate of drug-likeness (QED) is 0.731. The van der Waals surface area contributed by atoms with E-state index >= 15 is 0 Å². The van der Waals surface area contributed by atoms with E-state index in [2.05, 4.69) is 5.10 Å². The van der Waals surface area contributed by atoms with Crippen LogP contribution in [-0.2, 0) is 21.9 Å². The van der Waals surface area contributed by atoms with Crippen molar-refractivity contribution in [2.24, 2.45) is 7.05 Å². The molecule has 1 saturated heterocycles. The minimum absolute atomic E-state index is 0.139. The van der Waals surface area contributed by atoms with Crippen molar-refractivity contribution < 1.29 is 17.9 Å². The van der Waals surface area contributed by atoms with Crippen molar-refractivity contribution in [3.8, 4) is 5.75 Å². The highest BCUT2D eigenvalue weighted by Crippen LogP contribution is 2.29. The van der Waals surface area contributed by atoms with Crippen molar-refractivity contribution >= 4 is 21.6 Å². The maximum atomic E-state index is 13.6. The van der Waals surface area contributed by atoms with Crippen molar-refractivity contribution in [3.63, 3.8) is 0 Å². The summed E-state index contributed by atoms with van der Waals surface area (Å²) in [5.74, 6) is 0.414. The van der Waals surface area contributed by atoms with Crippen LogP contribution < -0.4 is 9.04 Å². The molecule has 9 heteroatoms. The Kier molecular flexibility index (Phi) is 5.64. The third kappa shape index (κ3) is 3.71. The highest BCUT2D eigenvalue weighted by molar-refractivity contribution is 7.93. The van der Waals surface area contributed by atoms with E-state index in [0.717, 1.165) is 12.8 Å². The Morgan fingerprint density at radius 1 is 1.18 bits per heavy atom. The molecule has 0 spiro atoms. The van der Waals surface area contributed by atoms with Gasteiger partial charge in [0.1, 0.15) is 17.2 Å². The molecule has 1 aliphatic heterocycles. The number of nitrogens with zero attached hydrogens (tertiary/aromatic N) is 4. The second-order valence-corrected chi connectivity index (χ2v) is 8.72. The zero-order valence-corrected chi connectivity index (χ0v) is 17.5. The molecule has 1 amide bonds. The van der Waals surface area contributed by atoms with Crippen molar-refractivity contribution in [2.75, 3.05) is 31.0 Å². The number of aryl methyl sites for hydroxylation is 2.